The highest BCUT2D eigenvalue weighted by molar-refractivity contribution is 5.89. The highest BCUT2D eigenvalue weighted by Crippen LogP contribution is 2.16. The summed E-state index contributed by atoms with van der Waals surface area (Å²) in [6.07, 6.45) is 1.86. The fourth-order valence-corrected chi connectivity index (χ4v) is 3.63. The summed E-state index contributed by atoms with van der Waals surface area (Å²) in [5, 5.41) is 19.9. The molecular formula is C22H25N3O6. The van der Waals surface area contributed by atoms with Crippen LogP contribution < -0.4 is 16.0 Å². The molecule has 0 saturated carbocycles. The number of carbonyl (C=O) groups is 1. The largest absolute Gasteiger partial charge is 0.491 e. The summed E-state index contributed by atoms with van der Waals surface area (Å²) >= 11 is 0. The van der Waals surface area contributed by atoms with Gasteiger partial charge >= 0.3 is 11.7 Å². The second-order valence-electron chi connectivity index (χ2n) is 7.31. The Balaban J connectivity index is 1.76. The molecule has 164 valence electrons. The lowest BCUT2D eigenvalue weighted by Gasteiger charge is -2.17. The number of nitriles is 1. The Labute approximate surface area is 179 Å². The molecule has 0 aliphatic carbocycles. The lowest BCUT2D eigenvalue weighted by Crippen LogP contribution is -2.45. The number of rotatable bonds is 7. The van der Waals surface area contributed by atoms with Crippen LogP contribution in [0.15, 0.2) is 33.9 Å². The quantitative estimate of drug-likeness (QED) is 0.659. The Kier molecular flexibility index (Phi) is 7.26. The first-order valence-electron chi connectivity index (χ1n) is 10.3. The smallest absolute Gasteiger partial charge is 0.338 e. The number of hydrogen-bond donors (Lipinski definition) is 1. The minimum atomic E-state index is -1.17. The van der Waals surface area contributed by atoms with Crippen molar-refractivity contribution in [1.82, 2.24) is 9.13 Å². The van der Waals surface area contributed by atoms with E-state index >= 15 is 0 Å². The molecule has 1 aromatic heterocycles. The van der Waals surface area contributed by atoms with Crippen molar-refractivity contribution in [3.05, 3.63) is 61.9 Å². The second-order valence-corrected chi connectivity index (χ2v) is 7.31. The highest BCUT2D eigenvalue weighted by Gasteiger charge is 2.22. The molecule has 2 aromatic rings. The van der Waals surface area contributed by atoms with Crippen LogP contribution in [-0.4, -0.2) is 39.5 Å². The van der Waals surface area contributed by atoms with Gasteiger partial charge in [0.05, 0.1) is 18.7 Å². The van der Waals surface area contributed by atoms with E-state index in [2.05, 4.69) is 0 Å². The van der Waals surface area contributed by atoms with Crippen LogP contribution in [0.5, 0.6) is 5.75 Å². The predicted octanol–water partition coefficient (Wildman–Crippen LogP) is 1.22. The third-order valence-electron chi connectivity index (χ3n) is 5.12. The van der Waals surface area contributed by atoms with E-state index in [1.54, 1.807) is 25.1 Å². The Morgan fingerprint density at radius 3 is 2.84 bits per heavy atom. The van der Waals surface area contributed by atoms with Gasteiger partial charge in [-0.2, -0.15) is 5.26 Å². The number of carbonyl (C=O) groups excluding carboxylic acids is 1. The van der Waals surface area contributed by atoms with Gasteiger partial charge in [0.15, 0.2) is 0 Å². The molecule has 0 radical (unpaired) electrons. The van der Waals surface area contributed by atoms with Gasteiger partial charge in [0.2, 0.25) is 0 Å². The zero-order valence-electron chi connectivity index (χ0n) is 17.4. The molecule has 1 aliphatic rings. The first kappa shape index (κ1) is 22.3. The Bertz CT molecular complexity index is 1110. The van der Waals surface area contributed by atoms with Crippen molar-refractivity contribution in [3.63, 3.8) is 0 Å². The van der Waals surface area contributed by atoms with Crippen LogP contribution in [0.4, 0.5) is 0 Å². The molecule has 1 N–H and O–H groups in total. The molecule has 1 aromatic carbocycles. The van der Waals surface area contributed by atoms with Crippen molar-refractivity contribution in [2.24, 2.45) is 0 Å². The summed E-state index contributed by atoms with van der Waals surface area (Å²) in [5.41, 5.74) is -0.467. The molecule has 9 heteroatoms. The van der Waals surface area contributed by atoms with E-state index in [-0.39, 0.29) is 25.3 Å². The number of benzene rings is 1. The lowest BCUT2D eigenvalue weighted by atomic mass is 10.1. The first-order valence-corrected chi connectivity index (χ1v) is 10.3. The van der Waals surface area contributed by atoms with Crippen molar-refractivity contribution >= 4 is 5.97 Å². The zero-order valence-corrected chi connectivity index (χ0v) is 17.4. The van der Waals surface area contributed by atoms with Gasteiger partial charge in [0, 0.05) is 12.2 Å². The van der Waals surface area contributed by atoms with Crippen LogP contribution in [0.1, 0.15) is 47.8 Å². The Morgan fingerprint density at radius 2 is 2.10 bits per heavy atom. The average molecular weight is 427 g/mol. The monoisotopic (exact) mass is 427 g/mol. The van der Waals surface area contributed by atoms with Crippen molar-refractivity contribution in [1.29, 1.82) is 5.26 Å². The minimum absolute atomic E-state index is 0.0447. The number of esters is 1. The Morgan fingerprint density at radius 1 is 1.29 bits per heavy atom. The normalized spacial score (nSPS) is 14.1. The molecular weight excluding hydrogens is 402 g/mol. The van der Waals surface area contributed by atoms with Gasteiger partial charge in [0.1, 0.15) is 30.1 Å². The molecule has 3 rings (SSSR count). The molecule has 1 aliphatic heterocycles. The van der Waals surface area contributed by atoms with E-state index in [9.17, 15) is 24.8 Å². The van der Waals surface area contributed by atoms with Crippen LogP contribution in [0.2, 0.25) is 0 Å². The fraction of sp³-hybridized carbons (Fsp3) is 0.455. The third kappa shape index (κ3) is 5.03. The maximum absolute atomic E-state index is 12.9. The molecule has 0 amide bonds. The third-order valence-corrected chi connectivity index (χ3v) is 5.12. The van der Waals surface area contributed by atoms with Crippen LogP contribution in [0.25, 0.3) is 0 Å². The number of aliphatic hydroxyl groups is 1. The van der Waals surface area contributed by atoms with Gasteiger partial charge < -0.3 is 14.6 Å². The summed E-state index contributed by atoms with van der Waals surface area (Å²) in [5.74, 6) is -0.143. The average Bonchev–Trinajstić information content (AvgIpc) is 3.02. The molecule has 1 atom stereocenters. The van der Waals surface area contributed by atoms with E-state index < -0.39 is 23.3 Å². The molecule has 31 heavy (non-hydrogen) atoms. The van der Waals surface area contributed by atoms with E-state index in [1.807, 2.05) is 6.07 Å². The van der Waals surface area contributed by atoms with Crippen LogP contribution in [0.3, 0.4) is 0 Å². The molecule has 2 heterocycles. The Hall–Kier alpha value is -3.38. The molecule has 0 spiro atoms. The molecule has 0 unspecified atom stereocenters. The molecule has 0 bridgehead atoms. The minimum Gasteiger partial charge on any atom is -0.491 e. The number of aliphatic hydroxyl groups excluding tert-OH is 1. The van der Waals surface area contributed by atoms with Gasteiger partial charge in [-0.05, 0) is 44.4 Å². The van der Waals surface area contributed by atoms with Gasteiger partial charge in [-0.25, -0.2) is 9.59 Å². The van der Waals surface area contributed by atoms with Gasteiger partial charge in [0.25, 0.3) is 5.56 Å². The second kappa shape index (κ2) is 10.1. The van der Waals surface area contributed by atoms with E-state index in [0.29, 0.717) is 30.0 Å². The number of nitrogens with zero attached hydrogens (tertiary/aromatic N) is 3. The molecule has 0 saturated heterocycles. The molecule has 9 nitrogen and oxygen atoms in total. The van der Waals surface area contributed by atoms with E-state index in [4.69, 9.17) is 9.47 Å². The summed E-state index contributed by atoms with van der Waals surface area (Å²) in [4.78, 5) is 37.4. The number of aromatic nitrogens is 2. The van der Waals surface area contributed by atoms with Gasteiger partial charge in [-0.3, -0.25) is 13.9 Å². The maximum Gasteiger partial charge on any atom is 0.338 e. The van der Waals surface area contributed by atoms with Crippen LogP contribution in [-0.2, 0) is 24.2 Å². The summed E-state index contributed by atoms with van der Waals surface area (Å²) < 4.78 is 12.9. The summed E-state index contributed by atoms with van der Waals surface area (Å²) in [6, 6.07) is 8.24. The summed E-state index contributed by atoms with van der Waals surface area (Å²) in [6.45, 7) is 1.89. The number of hydrogen-bond acceptors (Lipinski definition) is 7. The first-order chi connectivity index (χ1) is 15.0. The summed E-state index contributed by atoms with van der Waals surface area (Å²) in [7, 11) is 0. The van der Waals surface area contributed by atoms with Crippen molar-refractivity contribution in [2.75, 3.05) is 13.2 Å². The van der Waals surface area contributed by atoms with Crippen molar-refractivity contribution < 1.29 is 19.4 Å². The van der Waals surface area contributed by atoms with E-state index in [1.165, 1.54) is 10.6 Å². The SMILES string of the molecule is CCOC(=O)c1cccc(OC[C@H](O)Cn2c(=O)c(C#N)c3n(c2=O)CCCCC3)c1. The molecule has 0 fully saturated rings. The van der Waals surface area contributed by atoms with E-state index in [0.717, 1.165) is 23.8 Å². The van der Waals surface area contributed by atoms with Crippen LogP contribution in [0, 0.1) is 11.3 Å². The van der Waals surface area contributed by atoms with Crippen molar-refractivity contribution in [2.45, 2.75) is 51.8 Å². The van der Waals surface area contributed by atoms with Crippen LogP contribution >= 0.6 is 0 Å². The zero-order chi connectivity index (χ0) is 22.4. The maximum atomic E-state index is 12.9. The standard InChI is InChI=1S/C22H25N3O6/c1-2-30-21(28)15-7-6-8-17(11-15)31-14-16(26)13-25-20(27)18(12-23)19-9-4-3-5-10-24(19)22(25)29/h6-8,11,16,26H,2-5,9-10,13-14H2,1H3/t16-/m1/s1. The predicted molar refractivity (Wildman–Crippen MR) is 111 cm³/mol. The van der Waals surface area contributed by atoms with Gasteiger partial charge in [-0.1, -0.05) is 12.5 Å². The van der Waals surface area contributed by atoms with Gasteiger partial charge in [-0.15, -0.1) is 0 Å². The fourth-order valence-electron chi connectivity index (χ4n) is 3.63. The number of ether oxygens (including phenoxy) is 2. The topological polar surface area (TPSA) is 124 Å². The lowest BCUT2D eigenvalue weighted by molar-refractivity contribution is 0.0525. The van der Waals surface area contributed by atoms with Crippen molar-refractivity contribution in [3.8, 4) is 11.8 Å². The highest BCUT2D eigenvalue weighted by atomic mass is 16.5. The number of fused-ring (bicyclic) bond motifs is 1.